The maximum absolute atomic E-state index is 12.9. The molecule has 0 bridgehead atoms. The molecule has 3 aromatic carbocycles. The first-order valence-electron chi connectivity index (χ1n) is 9.78. The molecule has 0 atom stereocenters. The predicted molar refractivity (Wildman–Crippen MR) is 122 cm³/mol. The number of nitrogens with one attached hydrogen (secondary N) is 1. The fourth-order valence-electron chi connectivity index (χ4n) is 3.20. The lowest BCUT2D eigenvalue weighted by Crippen LogP contribution is -2.26. The summed E-state index contributed by atoms with van der Waals surface area (Å²) in [5.41, 5.74) is 3.65. The first-order valence-corrected chi connectivity index (χ1v) is 11.3. The third-order valence-corrected chi connectivity index (χ3v) is 6.33. The third kappa shape index (κ3) is 5.44. The van der Waals surface area contributed by atoms with Gasteiger partial charge in [-0.3, -0.25) is 9.52 Å². The molecule has 0 aliphatic heterocycles. The topological polar surface area (TPSA) is 75.7 Å². The molecule has 1 N–H and O–H groups in total. The number of benzene rings is 3. The van der Waals surface area contributed by atoms with Gasteiger partial charge in [-0.15, -0.1) is 0 Å². The number of aryl methyl sites for hydroxylation is 2. The largest absolute Gasteiger partial charge is 0.497 e. The Balaban J connectivity index is 1.81. The number of ether oxygens (including phenoxy) is 1. The Hall–Kier alpha value is -3.32. The number of nitrogens with zero attached hydrogens (tertiary/aromatic N) is 1. The summed E-state index contributed by atoms with van der Waals surface area (Å²) in [5, 5.41) is 0. The van der Waals surface area contributed by atoms with E-state index >= 15 is 0 Å². The molecule has 0 heterocycles. The summed E-state index contributed by atoms with van der Waals surface area (Å²) in [6.45, 7) is 4.25. The fourth-order valence-corrected chi connectivity index (χ4v) is 4.32. The van der Waals surface area contributed by atoms with Crippen LogP contribution in [0.15, 0.2) is 71.6 Å². The van der Waals surface area contributed by atoms with Gasteiger partial charge >= 0.3 is 0 Å². The molecule has 0 aromatic heterocycles. The molecular weight excluding hydrogens is 412 g/mol. The summed E-state index contributed by atoms with van der Waals surface area (Å²) in [4.78, 5) is 14.7. The van der Waals surface area contributed by atoms with Gasteiger partial charge in [0.05, 0.1) is 17.7 Å². The standard InChI is InChI=1S/C24H26N2O4S/c1-17-6-5-7-19(14-17)16-26(3)24(27)20-9-8-18(2)23(15-20)25-31(28,29)22-12-10-21(30-4)11-13-22/h5-15,25H,16H2,1-4H3. The number of amides is 1. The van der Waals surface area contributed by atoms with Crippen molar-refractivity contribution in [3.05, 3.63) is 89.0 Å². The van der Waals surface area contributed by atoms with Crippen LogP contribution in [0.5, 0.6) is 5.75 Å². The van der Waals surface area contributed by atoms with Crippen molar-refractivity contribution in [2.75, 3.05) is 18.9 Å². The Morgan fingerprint density at radius 3 is 2.35 bits per heavy atom. The predicted octanol–water partition coefficient (Wildman–Crippen LogP) is 4.39. The number of hydrogen-bond acceptors (Lipinski definition) is 4. The van der Waals surface area contributed by atoms with E-state index in [4.69, 9.17) is 4.74 Å². The molecule has 0 aliphatic carbocycles. The molecule has 6 nitrogen and oxygen atoms in total. The van der Waals surface area contributed by atoms with Gasteiger partial charge in [0.15, 0.2) is 0 Å². The maximum Gasteiger partial charge on any atom is 0.261 e. The van der Waals surface area contributed by atoms with Crippen LogP contribution in [0, 0.1) is 13.8 Å². The SMILES string of the molecule is COc1ccc(S(=O)(=O)Nc2cc(C(=O)N(C)Cc3cccc(C)c3)ccc2C)cc1. The van der Waals surface area contributed by atoms with Crippen molar-refractivity contribution in [2.24, 2.45) is 0 Å². The van der Waals surface area contributed by atoms with Crippen LogP contribution in [-0.4, -0.2) is 33.4 Å². The van der Waals surface area contributed by atoms with E-state index in [1.165, 1.54) is 19.2 Å². The van der Waals surface area contributed by atoms with Crippen LogP contribution >= 0.6 is 0 Å². The van der Waals surface area contributed by atoms with E-state index in [-0.39, 0.29) is 10.8 Å². The summed E-state index contributed by atoms with van der Waals surface area (Å²) in [6.07, 6.45) is 0. The number of anilines is 1. The minimum atomic E-state index is -3.81. The summed E-state index contributed by atoms with van der Waals surface area (Å²) in [7, 11) is -0.562. The maximum atomic E-state index is 12.9. The van der Waals surface area contributed by atoms with Crippen LogP contribution in [0.25, 0.3) is 0 Å². The van der Waals surface area contributed by atoms with Crippen molar-refractivity contribution in [3.63, 3.8) is 0 Å². The van der Waals surface area contributed by atoms with Crippen LogP contribution in [0.4, 0.5) is 5.69 Å². The molecule has 3 rings (SSSR count). The molecule has 0 aliphatic rings. The molecule has 0 unspecified atom stereocenters. The highest BCUT2D eigenvalue weighted by Crippen LogP contribution is 2.23. The summed E-state index contributed by atoms with van der Waals surface area (Å²) < 4.78 is 33.3. The number of carbonyl (C=O) groups excluding carboxylic acids is 1. The van der Waals surface area contributed by atoms with Crippen molar-refractivity contribution in [1.29, 1.82) is 0 Å². The van der Waals surface area contributed by atoms with Gasteiger partial charge in [0, 0.05) is 19.2 Å². The lowest BCUT2D eigenvalue weighted by molar-refractivity contribution is 0.0785. The average molecular weight is 439 g/mol. The molecule has 3 aromatic rings. The van der Waals surface area contributed by atoms with Crippen LogP contribution < -0.4 is 9.46 Å². The summed E-state index contributed by atoms with van der Waals surface area (Å²) >= 11 is 0. The van der Waals surface area contributed by atoms with E-state index in [0.717, 1.165) is 16.7 Å². The van der Waals surface area contributed by atoms with Crippen LogP contribution in [0.1, 0.15) is 27.0 Å². The van der Waals surface area contributed by atoms with Crippen LogP contribution in [0.3, 0.4) is 0 Å². The van der Waals surface area contributed by atoms with Crippen LogP contribution in [0.2, 0.25) is 0 Å². The second-order valence-electron chi connectivity index (χ2n) is 7.46. The molecular formula is C24H26N2O4S. The Kier molecular flexibility index (Phi) is 6.65. The highest BCUT2D eigenvalue weighted by molar-refractivity contribution is 7.92. The minimum absolute atomic E-state index is 0.112. The molecule has 0 saturated carbocycles. The number of hydrogen-bond donors (Lipinski definition) is 1. The first kappa shape index (κ1) is 22.4. The molecule has 0 saturated heterocycles. The fraction of sp³-hybridized carbons (Fsp3) is 0.208. The normalized spacial score (nSPS) is 11.1. The number of methoxy groups -OCH3 is 1. The van der Waals surface area contributed by atoms with E-state index in [1.807, 2.05) is 31.2 Å². The van der Waals surface area contributed by atoms with Gasteiger partial charge in [-0.2, -0.15) is 0 Å². The zero-order chi connectivity index (χ0) is 22.6. The quantitative estimate of drug-likeness (QED) is 0.594. The van der Waals surface area contributed by atoms with Gasteiger partial charge in [-0.25, -0.2) is 8.42 Å². The highest BCUT2D eigenvalue weighted by Gasteiger charge is 2.18. The Morgan fingerprint density at radius 2 is 1.71 bits per heavy atom. The van der Waals surface area contributed by atoms with E-state index < -0.39 is 10.0 Å². The van der Waals surface area contributed by atoms with Crippen LogP contribution in [-0.2, 0) is 16.6 Å². The Bertz CT molecular complexity index is 1190. The van der Waals surface area contributed by atoms with Gasteiger partial charge in [-0.1, -0.05) is 35.9 Å². The van der Waals surface area contributed by atoms with Crippen molar-refractivity contribution >= 4 is 21.6 Å². The van der Waals surface area contributed by atoms with Gasteiger partial charge in [0.2, 0.25) is 0 Å². The Labute approximate surface area is 183 Å². The minimum Gasteiger partial charge on any atom is -0.497 e. The lowest BCUT2D eigenvalue weighted by atomic mass is 10.1. The molecule has 7 heteroatoms. The monoisotopic (exact) mass is 438 g/mol. The second-order valence-corrected chi connectivity index (χ2v) is 9.14. The lowest BCUT2D eigenvalue weighted by Gasteiger charge is -2.19. The van der Waals surface area contributed by atoms with Crippen molar-refractivity contribution in [3.8, 4) is 5.75 Å². The smallest absolute Gasteiger partial charge is 0.261 e. The third-order valence-electron chi connectivity index (χ3n) is 4.95. The molecule has 162 valence electrons. The Morgan fingerprint density at radius 1 is 1.00 bits per heavy atom. The summed E-state index contributed by atoms with van der Waals surface area (Å²) in [6, 6.07) is 19.1. The van der Waals surface area contributed by atoms with E-state index in [0.29, 0.717) is 23.5 Å². The second kappa shape index (κ2) is 9.22. The number of carbonyl (C=O) groups is 1. The van der Waals surface area contributed by atoms with Gasteiger partial charge in [-0.05, 0) is 61.4 Å². The van der Waals surface area contributed by atoms with Crippen molar-refractivity contribution in [2.45, 2.75) is 25.3 Å². The molecule has 0 radical (unpaired) electrons. The molecule has 0 spiro atoms. The van der Waals surface area contributed by atoms with Crippen molar-refractivity contribution < 1.29 is 17.9 Å². The first-order chi connectivity index (χ1) is 14.7. The van der Waals surface area contributed by atoms with Gasteiger partial charge in [0.25, 0.3) is 15.9 Å². The molecule has 1 amide bonds. The molecule has 0 fully saturated rings. The van der Waals surface area contributed by atoms with E-state index in [9.17, 15) is 13.2 Å². The zero-order valence-corrected chi connectivity index (χ0v) is 18.9. The summed E-state index contributed by atoms with van der Waals surface area (Å²) in [5.74, 6) is 0.380. The average Bonchev–Trinajstić information content (AvgIpc) is 2.74. The zero-order valence-electron chi connectivity index (χ0n) is 18.0. The van der Waals surface area contributed by atoms with E-state index in [1.54, 1.807) is 49.2 Å². The molecule has 31 heavy (non-hydrogen) atoms. The van der Waals surface area contributed by atoms with Gasteiger partial charge in [0.1, 0.15) is 5.75 Å². The van der Waals surface area contributed by atoms with E-state index in [2.05, 4.69) is 4.72 Å². The number of rotatable bonds is 7. The highest BCUT2D eigenvalue weighted by atomic mass is 32.2. The van der Waals surface area contributed by atoms with Crippen molar-refractivity contribution in [1.82, 2.24) is 4.90 Å². The number of sulfonamides is 1. The van der Waals surface area contributed by atoms with Gasteiger partial charge < -0.3 is 9.64 Å².